The molecule has 0 aromatic heterocycles. The van der Waals surface area contributed by atoms with E-state index in [1.807, 2.05) is 0 Å². The Hall–Kier alpha value is 0.0249. The summed E-state index contributed by atoms with van der Waals surface area (Å²) >= 11 is 0. The summed E-state index contributed by atoms with van der Waals surface area (Å²) in [4.78, 5) is 0. The van der Waals surface area contributed by atoms with Gasteiger partial charge in [-0.3, -0.25) is 0 Å². The number of piperidine rings is 1. The van der Waals surface area contributed by atoms with Crippen molar-refractivity contribution in [1.82, 2.24) is 5.32 Å². The van der Waals surface area contributed by atoms with Crippen molar-refractivity contribution in [2.75, 3.05) is 13.1 Å². The van der Waals surface area contributed by atoms with E-state index in [0.717, 1.165) is 6.71 Å². The molecule has 2 saturated heterocycles. The Morgan fingerprint density at radius 3 is 2.00 bits per heavy atom. The van der Waals surface area contributed by atoms with Crippen molar-refractivity contribution >= 4 is 6.71 Å². The summed E-state index contributed by atoms with van der Waals surface area (Å²) in [5.41, 5.74) is 0.510. The van der Waals surface area contributed by atoms with Gasteiger partial charge in [-0.25, -0.2) is 0 Å². The van der Waals surface area contributed by atoms with Gasteiger partial charge in [0.05, 0.1) is 0 Å². The van der Waals surface area contributed by atoms with Gasteiger partial charge in [-0.2, -0.15) is 0 Å². The zero-order chi connectivity index (χ0) is 9.53. The summed E-state index contributed by atoms with van der Waals surface area (Å²) in [6.45, 7) is 10.9. The van der Waals surface area contributed by atoms with E-state index in [9.17, 15) is 0 Å². The molecular weight excluding hydrogens is 157 g/mol. The molecule has 2 aliphatic rings. The average molecular weight is 179 g/mol. The van der Waals surface area contributed by atoms with Gasteiger partial charge in [-0.1, -0.05) is 33.4 Å². The van der Waals surface area contributed by atoms with Crippen LogP contribution in [-0.4, -0.2) is 19.8 Å². The SMILES string of the molecule is CC(C)(C)C1(B2CC2)CCNCC1. The van der Waals surface area contributed by atoms with E-state index >= 15 is 0 Å². The molecule has 2 heteroatoms. The molecule has 2 rings (SSSR count). The lowest BCUT2D eigenvalue weighted by Gasteiger charge is -2.48. The largest absolute Gasteiger partial charge is 0.317 e. The standard InChI is InChI=1S/C11H22BN/c1-10(2,3)11(12-6-7-12)4-8-13-9-5-11/h13H,4-9H2,1-3H3. The van der Waals surface area contributed by atoms with Crippen molar-refractivity contribution in [1.29, 1.82) is 0 Å². The number of nitrogens with one attached hydrogen (secondary N) is 1. The quantitative estimate of drug-likeness (QED) is 0.610. The van der Waals surface area contributed by atoms with Crippen molar-refractivity contribution in [3.63, 3.8) is 0 Å². The third kappa shape index (κ3) is 1.54. The summed E-state index contributed by atoms with van der Waals surface area (Å²) in [5.74, 6) is 0. The maximum atomic E-state index is 3.49. The summed E-state index contributed by atoms with van der Waals surface area (Å²) < 4.78 is 0. The van der Waals surface area contributed by atoms with Crippen LogP contribution in [0.4, 0.5) is 0 Å². The van der Waals surface area contributed by atoms with E-state index in [4.69, 9.17) is 0 Å². The molecule has 0 aliphatic carbocycles. The lowest BCUT2D eigenvalue weighted by Crippen LogP contribution is -2.44. The first kappa shape index (κ1) is 9.58. The highest BCUT2D eigenvalue weighted by Gasteiger charge is 2.54. The predicted molar refractivity (Wildman–Crippen MR) is 59.6 cm³/mol. The van der Waals surface area contributed by atoms with E-state index in [1.54, 1.807) is 0 Å². The van der Waals surface area contributed by atoms with Crippen LogP contribution in [0.1, 0.15) is 33.6 Å². The summed E-state index contributed by atoms with van der Waals surface area (Å²) in [7, 11) is 0. The Labute approximate surface area is 82.7 Å². The van der Waals surface area contributed by atoms with Gasteiger partial charge in [0.1, 0.15) is 6.71 Å². The number of rotatable bonds is 1. The Morgan fingerprint density at radius 2 is 1.62 bits per heavy atom. The smallest absolute Gasteiger partial charge is 0.146 e. The molecule has 0 radical (unpaired) electrons. The van der Waals surface area contributed by atoms with Gasteiger partial charge >= 0.3 is 0 Å². The highest BCUT2D eigenvalue weighted by atomic mass is 14.9. The van der Waals surface area contributed by atoms with Gasteiger partial charge in [-0.05, 0) is 36.7 Å². The third-order valence-electron chi connectivity index (χ3n) is 4.35. The first-order valence-electron chi connectivity index (χ1n) is 5.77. The van der Waals surface area contributed by atoms with Crippen LogP contribution in [0.25, 0.3) is 0 Å². The first-order valence-corrected chi connectivity index (χ1v) is 5.77. The van der Waals surface area contributed by atoms with Gasteiger partial charge in [0.25, 0.3) is 0 Å². The minimum absolute atomic E-state index is 0.510. The molecule has 0 spiro atoms. The Kier molecular flexibility index (Phi) is 2.22. The highest BCUT2D eigenvalue weighted by molar-refractivity contribution is 6.72. The molecule has 0 unspecified atom stereocenters. The van der Waals surface area contributed by atoms with Gasteiger partial charge in [0.15, 0.2) is 0 Å². The topological polar surface area (TPSA) is 12.0 Å². The molecule has 2 heterocycles. The van der Waals surface area contributed by atoms with Crippen LogP contribution in [-0.2, 0) is 0 Å². The molecule has 0 atom stereocenters. The van der Waals surface area contributed by atoms with E-state index in [-0.39, 0.29) is 0 Å². The van der Waals surface area contributed by atoms with Crippen molar-refractivity contribution in [2.24, 2.45) is 5.41 Å². The molecule has 0 saturated carbocycles. The summed E-state index contributed by atoms with van der Waals surface area (Å²) in [6.07, 6.45) is 5.80. The fraction of sp³-hybridized carbons (Fsp3) is 1.00. The van der Waals surface area contributed by atoms with Crippen LogP contribution < -0.4 is 5.32 Å². The fourth-order valence-corrected chi connectivity index (χ4v) is 3.28. The van der Waals surface area contributed by atoms with E-state index in [2.05, 4.69) is 26.1 Å². The van der Waals surface area contributed by atoms with E-state index in [1.165, 1.54) is 38.6 Å². The molecule has 1 N–H and O–H groups in total. The number of hydrogen-bond donors (Lipinski definition) is 1. The molecule has 13 heavy (non-hydrogen) atoms. The molecule has 2 aliphatic heterocycles. The summed E-state index contributed by atoms with van der Waals surface area (Å²) in [6, 6.07) is 0. The van der Waals surface area contributed by atoms with Crippen molar-refractivity contribution in [2.45, 2.75) is 51.6 Å². The maximum absolute atomic E-state index is 3.49. The second-order valence-corrected chi connectivity index (χ2v) is 5.93. The second-order valence-electron chi connectivity index (χ2n) is 5.93. The van der Waals surface area contributed by atoms with Crippen LogP contribution in [0.2, 0.25) is 18.0 Å². The van der Waals surface area contributed by atoms with Gasteiger partial charge in [0.2, 0.25) is 0 Å². The lowest BCUT2D eigenvalue weighted by molar-refractivity contribution is 0.203. The molecule has 0 amide bonds. The molecular formula is C11H22BN. The Bertz CT molecular complexity index is 185. The molecule has 0 bridgehead atoms. The van der Waals surface area contributed by atoms with E-state index in [0.29, 0.717) is 10.7 Å². The van der Waals surface area contributed by atoms with Crippen molar-refractivity contribution < 1.29 is 0 Å². The zero-order valence-electron chi connectivity index (χ0n) is 9.32. The van der Waals surface area contributed by atoms with Gasteiger partial charge in [-0.15, -0.1) is 0 Å². The molecule has 0 aromatic rings. The molecule has 74 valence electrons. The van der Waals surface area contributed by atoms with Crippen molar-refractivity contribution in [3.05, 3.63) is 0 Å². The Balaban J connectivity index is 2.18. The minimum atomic E-state index is 0.510. The van der Waals surface area contributed by atoms with Gasteiger partial charge in [0, 0.05) is 0 Å². The van der Waals surface area contributed by atoms with Crippen LogP contribution in [0.3, 0.4) is 0 Å². The van der Waals surface area contributed by atoms with Crippen LogP contribution in [0, 0.1) is 5.41 Å². The normalized spacial score (nSPS) is 27.5. The molecule has 1 nitrogen and oxygen atoms in total. The zero-order valence-corrected chi connectivity index (χ0v) is 9.32. The number of hydrogen-bond acceptors (Lipinski definition) is 1. The molecule has 0 aromatic carbocycles. The van der Waals surface area contributed by atoms with Crippen LogP contribution in [0.5, 0.6) is 0 Å². The Morgan fingerprint density at radius 1 is 1.08 bits per heavy atom. The van der Waals surface area contributed by atoms with Crippen molar-refractivity contribution in [3.8, 4) is 0 Å². The summed E-state index contributed by atoms with van der Waals surface area (Å²) in [5, 5.41) is 4.16. The minimum Gasteiger partial charge on any atom is -0.317 e. The van der Waals surface area contributed by atoms with Crippen LogP contribution >= 0.6 is 0 Å². The molecule has 2 fully saturated rings. The fourth-order valence-electron chi connectivity index (χ4n) is 3.28. The third-order valence-corrected chi connectivity index (χ3v) is 4.35. The first-order chi connectivity index (χ1) is 6.06. The lowest BCUT2D eigenvalue weighted by atomic mass is 9.36. The van der Waals surface area contributed by atoms with Crippen LogP contribution in [0.15, 0.2) is 0 Å². The maximum Gasteiger partial charge on any atom is 0.146 e. The predicted octanol–water partition coefficient (Wildman–Crippen LogP) is 2.66. The van der Waals surface area contributed by atoms with Gasteiger partial charge < -0.3 is 5.32 Å². The van der Waals surface area contributed by atoms with E-state index < -0.39 is 0 Å². The monoisotopic (exact) mass is 179 g/mol. The second kappa shape index (κ2) is 3.01. The average Bonchev–Trinajstić information content (AvgIpc) is 2.86. The highest BCUT2D eigenvalue weighted by Crippen LogP contribution is 2.60.